The van der Waals surface area contributed by atoms with Crippen molar-refractivity contribution in [3.63, 3.8) is 0 Å². The first kappa shape index (κ1) is 26.0. The Hall–Kier alpha value is -5.24. The second kappa shape index (κ2) is 10.4. The van der Waals surface area contributed by atoms with Gasteiger partial charge in [0, 0.05) is 19.2 Å². The number of hydrogen-bond donors (Lipinski definition) is 1. The average molecular weight is 545 g/mol. The maximum absolute atomic E-state index is 13.7. The lowest BCUT2D eigenvalue weighted by molar-refractivity contribution is 0.0697. The van der Waals surface area contributed by atoms with Crippen LogP contribution in [0.2, 0.25) is 0 Å². The van der Waals surface area contributed by atoms with E-state index in [-0.39, 0.29) is 22.5 Å². The zero-order valence-corrected chi connectivity index (χ0v) is 22.7. The minimum Gasteiger partial charge on any atom is -0.478 e. The molecule has 6 rings (SSSR count). The van der Waals surface area contributed by atoms with E-state index in [1.54, 1.807) is 27.4 Å². The summed E-state index contributed by atoms with van der Waals surface area (Å²) in [6.07, 6.45) is 0. The van der Waals surface area contributed by atoms with E-state index < -0.39 is 17.2 Å². The lowest BCUT2D eigenvalue weighted by Crippen LogP contribution is -2.38. The number of nitrogens with zero attached hydrogens (tertiary/aromatic N) is 4. The molecule has 4 aromatic carbocycles. The molecule has 0 aliphatic heterocycles. The van der Waals surface area contributed by atoms with Gasteiger partial charge in [-0.3, -0.25) is 18.6 Å². The average Bonchev–Trinajstić information content (AvgIpc) is 3.37. The zero-order chi connectivity index (χ0) is 28.7. The number of aromatic nitrogens is 4. The van der Waals surface area contributed by atoms with E-state index in [1.165, 1.54) is 13.1 Å². The SMILES string of the molecule is CC(Cn1c(=O)n(C)c(=O)c2c(-c3cccc(C(=O)O)c3)n(Cc3cccc4ccccc34)nc21)c1ccccc1. The first-order valence-corrected chi connectivity index (χ1v) is 13.4. The number of fused-ring (bicyclic) bond motifs is 2. The lowest BCUT2D eigenvalue weighted by atomic mass is 10.0. The van der Waals surface area contributed by atoms with E-state index in [4.69, 9.17) is 5.10 Å². The van der Waals surface area contributed by atoms with Gasteiger partial charge in [0.15, 0.2) is 5.65 Å². The molecule has 1 N–H and O–H groups in total. The first-order valence-electron chi connectivity index (χ1n) is 13.4. The Labute approximate surface area is 235 Å². The van der Waals surface area contributed by atoms with Crippen LogP contribution in [0.25, 0.3) is 33.1 Å². The summed E-state index contributed by atoms with van der Waals surface area (Å²) < 4.78 is 4.38. The Morgan fingerprint density at radius 2 is 1.61 bits per heavy atom. The Morgan fingerprint density at radius 3 is 2.39 bits per heavy atom. The molecule has 8 heteroatoms. The van der Waals surface area contributed by atoms with Gasteiger partial charge in [0.1, 0.15) is 5.39 Å². The molecule has 2 aromatic heterocycles. The highest BCUT2D eigenvalue weighted by Gasteiger charge is 2.24. The Bertz CT molecular complexity index is 2050. The summed E-state index contributed by atoms with van der Waals surface area (Å²) in [5.74, 6) is -1.10. The number of benzene rings is 4. The standard InChI is InChI=1S/C33H28N4O4/c1-21(22-10-4-3-5-11-22)19-36-30-28(31(38)35(2)33(36)41)29(24-14-9-15-25(18-24)32(39)40)37(34-30)20-26-16-8-13-23-12-6-7-17-27(23)26/h3-18,21H,19-20H2,1-2H3,(H,39,40). The highest BCUT2D eigenvalue weighted by molar-refractivity contribution is 5.94. The fraction of sp³-hybridized carbons (Fsp3) is 0.152. The van der Waals surface area contributed by atoms with Crippen LogP contribution in [-0.2, 0) is 20.1 Å². The highest BCUT2D eigenvalue weighted by atomic mass is 16.4. The number of aromatic carboxylic acids is 1. The molecule has 6 aromatic rings. The van der Waals surface area contributed by atoms with E-state index in [0.29, 0.717) is 24.3 Å². The van der Waals surface area contributed by atoms with Crippen molar-refractivity contribution in [2.45, 2.75) is 25.9 Å². The van der Waals surface area contributed by atoms with Crippen LogP contribution in [0.5, 0.6) is 0 Å². The van der Waals surface area contributed by atoms with Crippen molar-refractivity contribution in [2.24, 2.45) is 7.05 Å². The highest BCUT2D eigenvalue weighted by Crippen LogP contribution is 2.30. The maximum Gasteiger partial charge on any atom is 0.335 e. The van der Waals surface area contributed by atoms with Crippen LogP contribution < -0.4 is 11.2 Å². The van der Waals surface area contributed by atoms with E-state index in [1.807, 2.05) is 79.7 Å². The smallest absolute Gasteiger partial charge is 0.335 e. The van der Waals surface area contributed by atoms with Crippen molar-refractivity contribution in [1.29, 1.82) is 0 Å². The van der Waals surface area contributed by atoms with E-state index in [0.717, 1.165) is 26.5 Å². The molecule has 41 heavy (non-hydrogen) atoms. The maximum atomic E-state index is 13.7. The molecule has 0 aliphatic carbocycles. The second-order valence-corrected chi connectivity index (χ2v) is 10.3. The molecule has 0 saturated carbocycles. The number of hydrogen-bond acceptors (Lipinski definition) is 4. The Morgan fingerprint density at radius 1 is 0.902 bits per heavy atom. The third-order valence-electron chi connectivity index (χ3n) is 7.63. The molecule has 204 valence electrons. The Kier molecular flexibility index (Phi) is 6.59. The molecule has 8 nitrogen and oxygen atoms in total. The van der Waals surface area contributed by atoms with Crippen molar-refractivity contribution in [3.05, 3.63) is 135 Å². The molecular weight excluding hydrogens is 516 g/mol. The van der Waals surface area contributed by atoms with Gasteiger partial charge in [0.2, 0.25) is 0 Å². The van der Waals surface area contributed by atoms with E-state index in [2.05, 4.69) is 0 Å². The molecule has 2 heterocycles. The van der Waals surface area contributed by atoms with Gasteiger partial charge in [-0.25, -0.2) is 9.59 Å². The van der Waals surface area contributed by atoms with Gasteiger partial charge in [-0.05, 0) is 39.9 Å². The summed E-state index contributed by atoms with van der Waals surface area (Å²) >= 11 is 0. The second-order valence-electron chi connectivity index (χ2n) is 10.3. The summed E-state index contributed by atoms with van der Waals surface area (Å²) in [5, 5.41) is 17.0. The molecule has 0 radical (unpaired) electrons. The van der Waals surface area contributed by atoms with Gasteiger partial charge in [0.05, 0.1) is 17.8 Å². The van der Waals surface area contributed by atoms with Crippen LogP contribution in [0.3, 0.4) is 0 Å². The van der Waals surface area contributed by atoms with Crippen LogP contribution in [0.1, 0.15) is 34.3 Å². The predicted octanol–water partition coefficient (Wildman–Crippen LogP) is 5.27. The molecule has 0 bridgehead atoms. The summed E-state index contributed by atoms with van der Waals surface area (Å²) in [6, 6.07) is 30.4. The molecule has 0 aliphatic rings. The van der Waals surface area contributed by atoms with Gasteiger partial charge in [-0.15, -0.1) is 0 Å². The largest absolute Gasteiger partial charge is 0.478 e. The van der Waals surface area contributed by atoms with Crippen molar-refractivity contribution in [2.75, 3.05) is 0 Å². The molecule has 1 atom stereocenters. The van der Waals surface area contributed by atoms with Crippen LogP contribution in [0.15, 0.2) is 107 Å². The van der Waals surface area contributed by atoms with Crippen LogP contribution in [-0.4, -0.2) is 30.0 Å². The van der Waals surface area contributed by atoms with Gasteiger partial charge in [-0.1, -0.05) is 91.9 Å². The molecule has 1 unspecified atom stereocenters. The van der Waals surface area contributed by atoms with Gasteiger partial charge in [0.25, 0.3) is 5.56 Å². The minimum atomic E-state index is -1.07. The molecule has 0 fully saturated rings. The minimum absolute atomic E-state index is 0.0309. The molecule has 0 amide bonds. The number of carbonyl (C=O) groups is 1. The van der Waals surface area contributed by atoms with Crippen molar-refractivity contribution in [3.8, 4) is 11.3 Å². The third-order valence-corrected chi connectivity index (χ3v) is 7.63. The van der Waals surface area contributed by atoms with Crippen molar-refractivity contribution >= 4 is 27.8 Å². The fourth-order valence-electron chi connectivity index (χ4n) is 5.49. The summed E-state index contributed by atoms with van der Waals surface area (Å²) in [7, 11) is 1.47. The van der Waals surface area contributed by atoms with Crippen molar-refractivity contribution in [1.82, 2.24) is 18.9 Å². The summed E-state index contributed by atoms with van der Waals surface area (Å²) in [5.41, 5.74) is 2.48. The van der Waals surface area contributed by atoms with E-state index in [9.17, 15) is 19.5 Å². The summed E-state index contributed by atoms with van der Waals surface area (Å²) in [6.45, 7) is 2.66. The zero-order valence-electron chi connectivity index (χ0n) is 22.7. The summed E-state index contributed by atoms with van der Waals surface area (Å²) in [4.78, 5) is 39.1. The third kappa shape index (κ3) is 4.63. The van der Waals surface area contributed by atoms with Crippen LogP contribution >= 0.6 is 0 Å². The lowest BCUT2D eigenvalue weighted by Gasteiger charge is -2.15. The normalized spacial score (nSPS) is 12.1. The van der Waals surface area contributed by atoms with Gasteiger partial charge < -0.3 is 5.11 Å². The number of carboxylic acids is 1. The quantitative estimate of drug-likeness (QED) is 0.295. The fourth-order valence-corrected chi connectivity index (χ4v) is 5.49. The van der Waals surface area contributed by atoms with E-state index >= 15 is 0 Å². The molecule has 0 saturated heterocycles. The predicted molar refractivity (Wildman–Crippen MR) is 160 cm³/mol. The Balaban J connectivity index is 1.63. The monoisotopic (exact) mass is 544 g/mol. The first-order chi connectivity index (χ1) is 19.8. The van der Waals surface area contributed by atoms with Gasteiger partial charge >= 0.3 is 11.7 Å². The topological polar surface area (TPSA) is 99.1 Å². The van der Waals surface area contributed by atoms with Crippen LogP contribution in [0, 0.1) is 0 Å². The number of rotatable bonds is 7. The van der Waals surface area contributed by atoms with Crippen molar-refractivity contribution < 1.29 is 9.90 Å². The van der Waals surface area contributed by atoms with Crippen LogP contribution in [0.4, 0.5) is 0 Å². The molecule has 0 spiro atoms. The number of carboxylic acid groups (broad SMARTS) is 1. The van der Waals surface area contributed by atoms with Gasteiger partial charge in [-0.2, -0.15) is 5.10 Å². The molecular formula is C33H28N4O4.